The standard InChI is InChI=1S/C21H17N3O2/c22-21-16-5-1-4-15(10-16)13-25-19-8-2-6-17(11-19)23-14-24-18-7-3-9-20(12-18)26-21/h1-12,21H,13,22H2. The monoisotopic (exact) mass is 343 g/mol. The van der Waals surface area contributed by atoms with Crippen LogP contribution in [0.25, 0.3) is 0 Å². The van der Waals surface area contributed by atoms with Crippen molar-refractivity contribution in [3.05, 3.63) is 83.9 Å². The van der Waals surface area contributed by atoms with Crippen LogP contribution in [0, 0.1) is 0 Å². The van der Waals surface area contributed by atoms with Gasteiger partial charge in [0, 0.05) is 17.7 Å². The summed E-state index contributed by atoms with van der Waals surface area (Å²) >= 11 is 0. The predicted molar refractivity (Wildman–Crippen MR) is 100 cm³/mol. The first-order valence-corrected chi connectivity index (χ1v) is 8.27. The Kier molecular flexibility index (Phi) is 4.48. The molecule has 0 spiro atoms. The number of fused-ring (bicyclic) bond motifs is 6. The lowest BCUT2D eigenvalue weighted by Crippen LogP contribution is -2.17. The molecule has 4 rings (SSSR count). The molecule has 0 saturated carbocycles. The Labute approximate surface area is 151 Å². The number of hydrogen-bond donors (Lipinski definition) is 1. The van der Waals surface area contributed by atoms with E-state index in [1.54, 1.807) is 6.07 Å². The van der Waals surface area contributed by atoms with Crippen molar-refractivity contribution < 1.29 is 9.47 Å². The Morgan fingerprint density at radius 3 is 2.35 bits per heavy atom. The molecule has 1 aliphatic rings. The SMILES string of the molecule is NC1Oc2cccc(c2)N=C=Nc2cccc(c2)OCc2cccc1c2. The third kappa shape index (κ3) is 3.81. The van der Waals surface area contributed by atoms with E-state index in [-0.39, 0.29) is 0 Å². The van der Waals surface area contributed by atoms with E-state index < -0.39 is 6.23 Å². The Hall–Kier alpha value is -3.40. The van der Waals surface area contributed by atoms with E-state index >= 15 is 0 Å². The van der Waals surface area contributed by atoms with Gasteiger partial charge in [-0.2, -0.15) is 9.98 Å². The summed E-state index contributed by atoms with van der Waals surface area (Å²) in [7, 11) is 0. The number of nitrogens with two attached hydrogens (primary N) is 1. The van der Waals surface area contributed by atoms with Crippen LogP contribution in [0.15, 0.2) is 82.8 Å². The van der Waals surface area contributed by atoms with Crippen LogP contribution < -0.4 is 15.2 Å². The highest BCUT2D eigenvalue weighted by Crippen LogP contribution is 2.25. The third-order valence-corrected chi connectivity index (χ3v) is 3.94. The van der Waals surface area contributed by atoms with Gasteiger partial charge >= 0.3 is 0 Å². The van der Waals surface area contributed by atoms with Crippen molar-refractivity contribution in [3.8, 4) is 11.5 Å². The molecule has 0 aliphatic carbocycles. The second-order valence-corrected chi connectivity index (χ2v) is 5.89. The molecule has 2 N–H and O–H groups in total. The molecule has 0 amide bonds. The second-order valence-electron chi connectivity index (χ2n) is 5.89. The summed E-state index contributed by atoms with van der Waals surface area (Å²) in [6.07, 6.45) is -0.584. The zero-order chi connectivity index (χ0) is 17.8. The molecule has 1 heterocycles. The van der Waals surface area contributed by atoms with Gasteiger partial charge in [0.2, 0.25) is 0 Å². The van der Waals surface area contributed by atoms with Crippen molar-refractivity contribution in [1.82, 2.24) is 0 Å². The second kappa shape index (κ2) is 7.23. The van der Waals surface area contributed by atoms with Crippen molar-refractivity contribution in [2.24, 2.45) is 15.7 Å². The number of ether oxygens (including phenoxy) is 2. The molecule has 0 saturated heterocycles. The zero-order valence-corrected chi connectivity index (χ0v) is 14.0. The summed E-state index contributed by atoms with van der Waals surface area (Å²) in [5.41, 5.74) is 9.51. The quantitative estimate of drug-likeness (QED) is 0.640. The molecule has 0 radical (unpaired) electrons. The van der Waals surface area contributed by atoms with Gasteiger partial charge in [-0.3, -0.25) is 5.73 Å². The minimum Gasteiger partial charge on any atom is -0.489 e. The zero-order valence-electron chi connectivity index (χ0n) is 14.0. The fourth-order valence-corrected chi connectivity index (χ4v) is 2.65. The van der Waals surface area contributed by atoms with Crippen LogP contribution in [0.4, 0.5) is 11.4 Å². The molecule has 1 aliphatic heterocycles. The van der Waals surface area contributed by atoms with Crippen LogP contribution in [0.2, 0.25) is 0 Å². The largest absolute Gasteiger partial charge is 0.489 e. The Bertz CT molecular complexity index is 994. The Balaban J connectivity index is 1.77. The first-order chi connectivity index (χ1) is 12.8. The highest BCUT2D eigenvalue weighted by molar-refractivity contribution is 5.59. The molecular weight excluding hydrogens is 326 g/mol. The van der Waals surface area contributed by atoms with Crippen molar-refractivity contribution in [3.63, 3.8) is 0 Å². The van der Waals surface area contributed by atoms with Crippen LogP contribution in [0.1, 0.15) is 17.4 Å². The predicted octanol–water partition coefficient (Wildman–Crippen LogP) is 4.75. The molecule has 26 heavy (non-hydrogen) atoms. The van der Waals surface area contributed by atoms with Crippen LogP contribution >= 0.6 is 0 Å². The first kappa shape index (κ1) is 16.1. The van der Waals surface area contributed by atoms with Gasteiger partial charge in [0.15, 0.2) is 6.23 Å². The van der Waals surface area contributed by atoms with Crippen molar-refractivity contribution >= 4 is 17.4 Å². The van der Waals surface area contributed by atoms with Gasteiger partial charge < -0.3 is 9.47 Å². The summed E-state index contributed by atoms with van der Waals surface area (Å²) in [6.45, 7) is 0.428. The molecule has 1 unspecified atom stereocenters. The summed E-state index contributed by atoms with van der Waals surface area (Å²) < 4.78 is 11.7. The number of benzene rings is 3. The van der Waals surface area contributed by atoms with E-state index in [1.807, 2.05) is 66.7 Å². The van der Waals surface area contributed by atoms with E-state index in [0.717, 1.165) is 22.6 Å². The van der Waals surface area contributed by atoms with Gasteiger partial charge in [-0.05, 0) is 35.9 Å². The Morgan fingerprint density at radius 2 is 1.54 bits per heavy atom. The molecular formula is C21H17N3O2. The van der Waals surface area contributed by atoms with Gasteiger partial charge in [-0.25, -0.2) is 0 Å². The van der Waals surface area contributed by atoms with E-state index in [2.05, 4.69) is 16.0 Å². The van der Waals surface area contributed by atoms with Crippen molar-refractivity contribution in [1.29, 1.82) is 0 Å². The minimum atomic E-state index is -0.584. The summed E-state index contributed by atoms with van der Waals surface area (Å²) in [6, 6.07) is 25.4. The molecule has 3 aromatic rings. The average Bonchev–Trinajstić information content (AvgIpc) is 2.67. The maximum Gasteiger partial charge on any atom is 0.174 e. The molecule has 1 atom stereocenters. The highest BCUT2D eigenvalue weighted by Gasteiger charge is 2.09. The number of rotatable bonds is 0. The maximum absolute atomic E-state index is 6.21. The van der Waals surface area contributed by atoms with E-state index in [0.29, 0.717) is 18.0 Å². The first-order valence-electron chi connectivity index (χ1n) is 8.27. The summed E-state index contributed by atoms with van der Waals surface area (Å²) in [4.78, 5) is 8.47. The van der Waals surface area contributed by atoms with Crippen molar-refractivity contribution in [2.75, 3.05) is 0 Å². The van der Waals surface area contributed by atoms with Crippen molar-refractivity contribution in [2.45, 2.75) is 12.8 Å². The van der Waals surface area contributed by atoms with Crippen LogP contribution in [0.5, 0.6) is 11.5 Å². The summed E-state index contributed by atoms with van der Waals surface area (Å²) in [5.74, 6) is 1.37. The number of nitrogens with zero attached hydrogens (tertiary/aromatic N) is 2. The van der Waals surface area contributed by atoms with E-state index in [4.69, 9.17) is 15.2 Å². The topological polar surface area (TPSA) is 69.2 Å². The van der Waals surface area contributed by atoms with Gasteiger partial charge in [-0.1, -0.05) is 30.3 Å². The molecule has 6 bridgehead atoms. The highest BCUT2D eigenvalue weighted by atomic mass is 16.5. The van der Waals surface area contributed by atoms with Gasteiger partial charge in [0.05, 0.1) is 11.4 Å². The third-order valence-electron chi connectivity index (χ3n) is 3.94. The normalized spacial score (nSPS) is 15.8. The average molecular weight is 343 g/mol. The molecule has 3 aromatic carbocycles. The molecule has 5 heteroatoms. The molecule has 128 valence electrons. The smallest absolute Gasteiger partial charge is 0.174 e. The van der Waals surface area contributed by atoms with Gasteiger partial charge in [0.25, 0.3) is 0 Å². The van der Waals surface area contributed by atoms with Crippen LogP contribution in [-0.4, -0.2) is 6.01 Å². The summed E-state index contributed by atoms with van der Waals surface area (Å²) in [5, 5.41) is 0. The Morgan fingerprint density at radius 1 is 0.846 bits per heavy atom. The van der Waals surface area contributed by atoms with Crippen LogP contribution in [-0.2, 0) is 6.61 Å². The number of aliphatic imine (C=N–C) groups is 2. The van der Waals surface area contributed by atoms with Gasteiger partial charge in [-0.15, -0.1) is 0 Å². The van der Waals surface area contributed by atoms with Gasteiger partial charge in [0.1, 0.15) is 24.1 Å². The maximum atomic E-state index is 6.21. The van der Waals surface area contributed by atoms with E-state index in [9.17, 15) is 0 Å². The lowest BCUT2D eigenvalue weighted by atomic mass is 10.1. The lowest BCUT2D eigenvalue weighted by Gasteiger charge is -2.16. The molecule has 0 fully saturated rings. The lowest BCUT2D eigenvalue weighted by molar-refractivity contribution is 0.214. The molecule has 5 nitrogen and oxygen atoms in total. The van der Waals surface area contributed by atoms with Crippen LogP contribution in [0.3, 0.4) is 0 Å². The fraction of sp³-hybridized carbons (Fsp3) is 0.0952. The number of hydrogen-bond acceptors (Lipinski definition) is 5. The fourth-order valence-electron chi connectivity index (χ4n) is 2.65. The molecule has 0 aromatic heterocycles. The minimum absolute atomic E-state index is 0.428. The van der Waals surface area contributed by atoms with E-state index in [1.165, 1.54) is 0 Å².